The van der Waals surface area contributed by atoms with Crippen molar-refractivity contribution in [2.75, 3.05) is 0 Å². The van der Waals surface area contributed by atoms with Crippen LogP contribution in [0.3, 0.4) is 0 Å². The molecule has 0 radical (unpaired) electrons. The quantitative estimate of drug-likeness (QED) is 0.174. The van der Waals surface area contributed by atoms with Gasteiger partial charge in [-0.25, -0.2) is 4.98 Å². The van der Waals surface area contributed by atoms with Crippen LogP contribution in [0.25, 0.3) is 127 Å². The Morgan fingerprint density at radius 1 is 0.339 bits per heavy atom. The maximum atomic E-state index is 6.62. The maximum absolute atomic E-state index is 6.62. The standard InChI is InChI=1S/C57H34N4O/c1-2-11-35(12-3-1)37-21-24-40(25-22-37)55-58-56(43-26-23-36-13-4-5-16-41(36)33-43)60-57(59-55)61-49-31-28-38-14-6-8-17-44(38)52(49)48-20-10-19-46(54(48)61)42-27-30-47-51(34-42)62-50-32-29-39-15-7-9-18-45(39)53(47)50/h1-34H. The van der Waals surface area contributed by atoms with Gasteiger partial charge in [0.2, 0.25) is 5.95 Å². The van der Waals surface area contributed by atoms with Gasteiger partial charge in [-0.05, 0) is 79.3 Å². The number of para-hydroxylation sites is 1. The molecule has 0 aliphatic carbocycles. The topological polar surface area (TPSA) is 56.7 Å². The first-order valence-corrected chi connectivity index (χ1v) is 20.9. The van der Waals surface area contributed by atoms with Gasteiger partial charge in [-0.15, -0.1) is 0 Å². The van der Waals surface area contributed by atoms with Crippen molar-refractivity contribution >= 4 is 76.1 Å². The van der Waals surface area contributed by atoms with E-state index in [1.807, 2.05) is 6.07 Å². The Kier molecular flexibility index (Phi) is 7.54. The van der Waals surface area contributed by atoms with Gasteiger partial charge >= 0.3 is 0 Å². The normalized spacial score (nSPS) is 11.9. The van der Waals surface area contributed by atoms with E-state index in [0.29, 0.717) is 17.6 Å². The summed E-state index contributed by atoms with van der Waals surface area (Å²) in [5, 5.41) is 11.5. The molecule has 62 heavy (non-hydrogen) atoms. The minimum Gasteiger partial charge on any atom is -0.456 e. The van der Waals surface area contributed by atoms with E-state index in [2.05, 4.69) is 205 Å². The highest BCUT2D eigenvalue weighted by molar-refractivity contribution is 6.24. The summed E-state index contributed by atoms with van der Waals surface area (Å²) in [7, 11) is 0. The average molecular weight is 791 g/mol. The van der Waals surface area contributed by atoms with E-state index in [4.69, 9.17) is 19.4 Å². The van der Waals surface area contributed by atoms with Crippen LogP contribution < -0.4 is 0 Å². The Bertz CT molecular complexity index is 3920. The molecule has 288 valence electrons. The van der Waals surface area contributed by atoms with Gasteiger partial charge in [0.1, 0.15) is 11.2 Å². The summed E-state index contributed by atoms with van der Waals surface area (Å²) < 4.78 is 8.87. The van der Waals surface area contributed by atoms with Gasteiger partial charge in [0.25, 0.3) is 0 Å². The molecule has 0 spiro atoms. The van der Waals surface area contributed by atoms with Gasteiger partial charge in [0.05, 0.1) is 11.0 Å². The molecule has 0 N–H and O–H groups in total. The number of hydrogen-bond acceptors (Lipinski definition) is 4. The summed E-state index contributed by atoms with van der Waals surface area (Å²) in [5.41, 5.74) is 9.97. The predicted molar refractivity (Wildman–Crippen MR) is 256 cm³/mol. The van der Waals surface area contributed by atoms with Crippen molar-refractivity contribution in [3.8, 4) is 51.0 Å². The zero-order valence-corrected chi connectivity index (χ0v) is 33.3. The third-order valence-electron chi connectivity index (χ3n) is 12.4. The van der Waals surface area contributed by atoms with Crippen molar-refractivity contribution in [3.63, 3.8) is 0 Å². The number of furan rings is 1. The van der Waals surface area contributed by atoms with Gasteiger partial charge in [-0.2, -0.15) is 9.97 Å². The molecule has 0 unspecified atom stereocenters. The summed E-state index contributed by atoms with van der Waals surface area (Å²) in [4.78, 5) is 16.0. The molecule has 0 atom stereocenters. The molecule has 0 aliphatic rings. The van der Waals surface area contributed by atoms with E-state index in [1.165, 1.54) is 21.5 Å². The van der Waals surface area contributed by atoms with Crippen LogP contribution in [-0.4, -0.2) is 19.5 Å². The fourth-order valence-corrected chi connectivity index (χ4v) is 9.48. The summed E-state index contributed by atoms with van der Waals surface area (Å²) >= 11 is 0. The monoisotopic (exact) mass is 790 g/mol. The number of benzene rings is 10. The van der Waals surface area contributed by atoms with Crippen LogP contribution in [0.2, 0.25) is 0 Å². The van der Waals surface area contributed by atoms with E-state index in [1.54, 1.807) is 0 Å². The Morgan fingerprint density at radius 2 is 0.935 bits per heavy atom. The van der Waals surface area contributed by atoms with Crippen molar-refractivity contribution in [2.24, 2.45) is 0 Å². The summed E-state index contributed by atoms with van der Waals surface area (Å²) in [6, 6.07) is 72.7. The second-order valence-electron chi connectivity index (χ2n) is 16.0. The molecule has 0 aliphatic heterocycles. The molecule has 5 nitrogen and oxygen atoms in total. The first kappa shape index (κ1) is 34.5. The summed E-state index contributed by atoms with van der Waals surface area (Å²) in [6.45, 7) is 0. The first-order chi connectivity index (χ1) is 30.7. The largest absolute Gasteiger partial charge is 0.456 e. The lowest BCUT2D eigenvalue weighted by molar-refractivity contribution is 0.669. The zero-order chi connectivity index (χ0) is 40.7. The minimum atomic E-state index is 0.546. The Hall–Kier alpha value is -8.41. The lowest BCUT2D eigenvalue weighted by Gasteiger charge is -2.13. The number of hydrogen-bond donors (Lipinski definition) is 0. The molecular weight excluding hydrogens is 757 g/mol. The van der Waals surface area contributed by atoms with Gasteiger partial charge in [-0.3, -0.25) is 4.57 Å². The van der Waals surface area contributed by atoms with Crippen LogP contribution in [-0.2, 0) is 0 Å². The van der Waals surface area contributed by atoms with Crippen molar-refractivity contribution in [1.82, 2.24) is 19.5 Å². The van der Waals surface area contributed by atoms with Crippen molar-refractivity contribution in [3.05, 3.63) is 206 Å². The maximum Gasteiger partial charge on any atom is 0.238 e. The molecule has 3 heterocycles. The summed E-state index contributed by atoms with van der Waals surface area (Å²) in [6.07, 6.45) is 0. The lowest BCUT2D eigenvalue weighted by Crippen LogP contribution is -2.07. The SMILES string of the molecule is c1ccc(-c2ccc(-c3nc(-c4ccc5ccccc5c4)nc(-n4c5ccc6ccccc6c5c5cccc(-c6ccc7c(c6)oc6ccc8ccccc8c67)c54)n3)cc2)cc1. The van der Waals surface area contributed by atoms with Crippen LogP contribution in [0, 0.1) is 0 Å². The molecule has 10 aromatic carbocycles. The Balaban J connectivity index is 1.09. The Morgan fingerprint density at radius 3 is 1.74 bits per heavy atom. The number of rotatable bonds is 5. The van der Waals surface area contributed by atoms with E-state index in [9.17, 15) is 0 Å². The second-order valence-corrected chi connectivity index (χ2v) is 16.0. The second kappa shape index (κ2) is 13.6. The van der Waals surface area contributed by atoms with Crippen LogP contribution in [0.4, 0.5) is 0 Å². The van der Waals surface area contributed by atoms with Gasteiger partial charge in [-0.1, -0.05) is 176 Å². The predicted octanol–water partition coefficient (Wildman–Crippen LogP) is 15.0. The third kappa shape index (κ3) is 5.38. The molecule has 13 aromatic rings. The van der Waals surface area contributed by atoms with Crippen molar-refractivity contribution in [2.45, 2.75) is 0 Å². The molecule has 0 amide bonds. The third-order valence-corrected chi connectivity index (χ3v) is 12.4. The molecule has 0 saturated heterocycles. The van der Waals surface area contributed by atoms with Crippen LogP contribution >= 0.6 is 0 Å². The molecule has 0 saturated carbocycles. The number of fused-ring (bicyclic) bond motifs is 11. The van der Waals surface area contributed by atoms with E-state index in [-0.39, 0.29) is 0 Å². The van der Waals surface area contributed by atoms with Crippen LogP contribution in [0.1, 0.15) is 0 Å². The van der Waals surface area contributed by atoms with Gasteiger partial charge in [0.15, 0.2) is 11.6 Å². The smallest absolute Gasteiger partial charge is 0.238 e. The highest BCUT2D eigenvalue weighted by Gasteiger charge is 2.23. The highest BCUT2D eigenvalue weighted by atomic mass is 16.3. The fourth-order valence-electron chi connectivity index (χ4n) is 9.48. The van der Waals surface area contributed by atoms with Crippen molar-refractivity contribution in [1.29, 1.82) is 0 Å². The van der Waals surface area contributed by atoms with Gasteiger partial charge < -0.3 is 4.42 Å². The van der Waals surface area contributed by atoms with E-state index >= 15 is 0 Å². The first-order valence-electron chi connectivity index (χ1n) is 20.9. The summed E-state index contributed by atoms with van der Waals surface area (Å²) in [5.74, 6) is 1.75. The van der Waals surface area contributed by atoms with Crippen molar-refractivity contribution < 1.29 is 4.42 Å². The minimum absolute atomic E-state index is 0.546. The number of aromatic nitrogens is 4. The van der Waals surface area contributed by atoms with Gasteiger partial charge in [0, 0.05) is 38.2 Å². The molecule has 3 aromatic heterocycles. The molecule has 0 fully saturated rings. The highest BCUT2D eigenvalue weighted by Crippen LogP contribution is 2.43. The Labute approximate surface area is 355 Å². The van der Waals surface area contributed by atoms with E-state index < -0.39 is 0 Å². The molecule has 0 bridgehead atoms. The molecule has 13 rings (SSSR count). The lowest BCUT2D eigenvalue weighted by atomic mass is 9.98. The van der Waals surface area contributed by atoms with Crippen LogP contribution in [0.5, 0.6) is 0 Å². The molecular formula is C57H34N4O. The average Bonchev–Trinajstić information content (AvgIpc) is 3.90. The zero-order valence-electron chi connectivity index (χ0n) is 33.3. The van der Waals surface area contributed by atoms with Crippen LogP contribution in [0.15, 0.2) is 211 Å². The molecule has 5 heteroatoms. The fraction of sp³-hybridized carbons (Fsp3) is 0. The number of nitrogens with zero attached hydrogens (tertiary/aromatic N) is 4. The van der Waals surface area contributed by atoms with E-state index in [0.717, 1.165) is 87.9 Å².